The van der Waals surface area contributed by atoms with E-state index in [1.807, 2.05) is 0 Å². The second-order valence-corrected chi connectivity index (χ2v) is 10.0. The second-order valence-electron chi connectivity index (χ2n) is 6.04. The summed E-state index contributed by atoms with van der Waals surface area (Å²) < 4.78 is 28.1. The summed E-state index contributed by atoms with van der Waals surface area (Å²) >= 11 is 9.78. The molecule has 156 valence electrons. The van der Waals surface area contributed by atoms with Gasteiger partial charge in [-0.15, -0.1) is 22.9 Å². The van der Waals surface area contributed by atoms with Gasteiger partial charge in [0.2, 0.25) is 0 Å². The van der Waals surface area contributed by atoms with Crippen molar-refractivity contribution in [1.29, 1.82) is 0 Å². The molecular weight excluding hydrogens is 516 g/mol. The summed E-state index contributed by atoms with van der Waals surface area (Å²) in [6, 6.07) is 12.2. The Labute approximate surface area is 189 Å². The van der Waals surface area contributed by atoms with Gasteiger partial charge >= 0.3 is 5.97 Å². The molecule has 0 saturated heterocycles. The highest BCUT2D eigenvalue weighted by Crippen LogP contribution is 2.26. The summed E-state index contributed by atoms with van der Waals surface area (Å²) in [5.74, 6) is -1.51. The molecule has 0 fully saturated rings. The van der Waals surface area contributed by atoms with Gasteiger partial charge in [0.15, 0.2) is 0 Å². The van der Waals surface area contributed by atoms with E-state index in [0.29, 0.717) is 16.0 Å². The maximum Gasteiger partial charge on any atom is 0.337 e. The van der Waals surface area contributed by atoms with E-state index in [9.17, 15) is 23.1 Å². The van der Waals surface area contributed by atoms with Crippen LogP contribution in [0.2, 0.25) is 0 Å². The van der Waals surface area contributed by atoms with Crippen molar-refractivity contribution in [3.63, 3.8) is 0 Å². The Hall–Kier alpha value is -2.40. The predicted molar refractivity (Wildman–Crippen MR) is 120 cm³/mol. The Morgan fingerprint density at radius 1 is 1.10 bits per heavy atom. The highest BCUT2D eigenvalue weighted by molar-refractivity contribution is 9.10. The highest BCUT2D eigenvalue weighted by atomic mass is 79.9. The van der Waals surface area contributed by atoms with Crippen LogP contribution in [0, 0.1) is 0 Å². The number of hydrogen-bond donors (Lipinski definition) is 3. The zero-order chi connectivity index (χ0) is 21.9. The molecule has 2 aromatic carbocycles. The zero-order valence-electron chi connectivity index (χ0n) is 15.1. The van der Waals surface area contributed by atoms with Crippen molar-refractivity contribution < 1.29 is 23.1 Å². The van der Waals surface area contributed by atoms with Crippen LogP contribution < -0.4 is 10.0 Å². The van der Waals surface area contributed by atoms with Gasteiger partial charge in [-0.05, 0) is 42.0 Å². The quantitative estimate of drug-likeness (QED) is 0.373. The van der Waals surface area contributed by atoms with Crippen molar-refractivity contribution in [2.45, 2.75) is 10.1 Å². The number of anilines is 2. The number of thiophene rings is 1. The fourth-order valence-electron chi connectivity index (χ4n) is 2.44. The minimum absolute atomic E-state index is 0.0525. The lowest BCUT2D eigenvalue weighted by molar-refractivity contribution is 0.0698. The summed E-state index contributed by atoms with van der Waals surface area (Å²) in [6.45, 7) is 0. The highest BCUT2D eigenvalue weighted by Gasteiger charge is 2.20. The Bertz CT molecular complexity index is 1210. The first-order valence-corrected chi connectivity index (χ1v) is 12.0. The minimum Gasteiger partial charge on any atom is -0.478 e. The van der Waals surface area contributed by atoms with Crippen molar-refractivity contribution in [2.24, 2.45) is 0 Å². The van der Waals surface area contributed by atoms with Crippen LogP contribution in [0.15, 0.2) is 62.6 Å². The third kappa shape index (κ3) is 5.20. The molecule has 30 heavy (non-hydrogen) atoms. The van der Waals surface area contributed by atoms with Crippen LogP contribution in [0.1, 0.15) is 26.3 Å². The number of alkyl halides is 1. The number of sulfonamides is 1. The molecule has 3 N–H and O–H groups in total. The molecule has 0 saturated carbocycles. The molecule has 0 aliphatic carbocycles. The van der Waals surface area contributed by atoms with E-state index in [2.05, 4.69) is 26.0 Å². The first-order valence-electron chi connectivity index (χ1n) is 8.30. The van der Waals surface area contributed by atoms with Crippen LogP contribution in [0.4, 0.5) is 11.4 Å². The topological polar surface area (TPSA) is 113 Å². The van der Waals surface area contributed by atoms with Crippen molar-refractivity contribution in [1.82, 2.24) is 0 Å². The largest absolute Gasteiger partial charge is 0.478 e. The maximum absolute atomic E-state index is 12.6. The molecule has 0 unspecified atom stereocenters. The van der Waals surface area contributed by atoms with Gasteiger partial charge in [-0.3, -0.25) is 9.52 Å². The van der Waals surface area contributed by atoms with E-state index in [4.69, 9.17) is 11.6 Å². The van der Waals surface area contributed by atoms with Crippen LogP contribution in [0.3, 0.4) is 0 Å². The second kappa shape index (κ2) is 9.17. The Balaban J connectivity index is 1.78. The molecule has 1 heterocycles. The third-order valence-electron chi connectivity index (χ3n) is 3.92. The fourth-order valence-corrected chi connectivity index (χ4v) is 5.20. The number of halogens is 2. The van der Waals surface area contributed by atoms with Gasteiger partial charge in [0, 0.05) is 21.4 Å². The number of carboxylic acid groups (broad SMARTS) is 1. The molecule has 0 aliphatic heterocycles. The van der Waals surface area contributed by atoms with Crippen LogP contribution >= 0.6 is 38.9 Å². The van der Waals surface area contributed by atoms with Gasteiger partial charge < -0.3 is 10.4 Å². The SMILES string of the molecule is O=C(Nc1ccc(Br)cc1C(=O)O)c1csc(S(=O)(=O)Nc2ccc(CCl)cc2)c1. The third-order valence-corrected chi connectivity index (χ3v) is 7.55. The van der Waals surface area contributed by atoms with E-state index in [1.165, 1.54) is 23.6 Å². The van der Waals surface area contributed by atoms with Crippen LogP contribution in [0.25, 0.3) is 0 Å². The summed E-state index contributed by atoms with van der Waals surface area (Å²) in [5, 5.41) is 13.2. The van der Waals surface area contributed by atoms with Crippen molar-refractivity contribution in [2.75, 3.05) is 10.0 Å². The lowest BCUT2D eigenvalue weighted by Crippen LogP contribution is -2.15. The average molecular weight is 530 g/mol. The van der Waals surface area contributed by atoms with E-state index >= 15 is 0 Å². The van der Waals surface area contributed by atoms with Gasteiger partial charge in [0.05, 0.1) is 16.8 Å². The Morgan fingerprint density at radius 3 is 2.43 bits per heavy atom. The molecule has 0 bridgehead atoms. The van der Waals surface area contributed by atoms with Crippen molar-refractivity contribution >= 4 is 72.1 Å². The van der Waals surface area contributed by atoms with Crippen LogP contribution in [-0.2, 0) is 15.9 Å². The Kier molecular flexibility index (Phi) is 6.81. The van der Waals surface area contributed by atoms with Crippen molar-refractivity contribution in [3.05, 3.63) is 75.1 Å². The standard InChI is InChI=1S/C19H14BrClN2O5S2/c20-13-3-6-16(15(8-13)19(25)26)22-18(24)12-7-17(29-10-12)30(27,28)23-14-4-1-11(9-21)2-5-14/h1-8,10,23H,9H2,(H,22,24)(H,25,26). The molecule has 3 aromatic rings. The number of carbonyl (C=O) groups is 2. The molecule has 7 nitrogen and oxygen atoms in total. The molecule has 0 radical (unpaired) electrons. The van der Waals surface area contributed by atoms with Crippen molar-refractivity contribution in [3.8, 4) is 0 Å². The summed E-state index contributed by atoms with van der Waals surface area (Å²) in [5.41, 5.74) is 1.32. The molecule has 3 rings (SSSR count). The monoisotopic (exact) mass is 528 g/mol. The number of benzene rings is 2. The first-order chi connectivity index (χ1) is 14.2. The number of carboxylic acids is 1. The molecule has 11 heteroatoms. The predicted octanol–water partition coefficient (Wildman–Crippen LogP) is 5.00. The fraction of sp³-hybridized carbons (Fsp3) is 0.0526. The van der Waals surface area contributed by atoms with E-state index < -0.39 is 21.9 Å². The minimum atomic E-state index is -3.89. The smallest absolute Gasteiger partial charge is 0.337 e. The Morgan fingerprint density at radius 2 is 1.80 bits per heavy atom. The summed E-state index contributed by atoms with van der Waals surface area (Å²) in [4.78, 5) is 23.9. The van der Waals surface area contributed by atoms with Gasteiger partial charge in [0.25, 0.3) is 15.9 Å². The van der Waals surface area contributed by atoms with Gasteiger partial charge in [-0.25, -0.2) is 13.2 Å². The van der Waals surface area contributed by atoms with E-state index in [1.54, 1.807) is 30.3 Å². The number of hydrogen-bond acceptors (Lipinski definition) is 5. The maximum atomic E-state index is 12.6. The van der Waals surface area contributed by atoms with E-state index in [0.717, 1.165) is 16.9 Å². The number of nitrogens with one attached hydrogen (secondary N) is 2. The van der Waals surface area contributed by atoms with Gasteiger partial charge in [-0.1, -0.05) is 28.1 Å². The van der Waals surface area contributed by atoms with Gasteiger partial charge in [0.1, 0.15) is 4.21 Å². The average Bonchev–Trinajstić information content (AvgIpc) is 3.21. The number of carbonyl (C=O) groups excluding carboxylic acids is 1. The number of rotatable bonds is 7. The molecule has 0 spiro atoms. The molecule has 0 atom stereocenters. The van der Waals surface area contributed by atoms with Gasteiger partial charge in [-0.2, -0.15) is 0 Å². The molecule has 0 aliphatic rings. The summed E-state index contributed by atoms with van der Waals surface area (Å²) in [7, 11) is -3.89. The number of amides is 1. The first kappa shape index (κ1) is 22.3. The number of aromatic carboxylic acids is 1. The molecule has 1 aromatic heterocycles. The summed E-state index contributed by atoms with van der Waals surface area (Å²) in [6.07, 6.45) is 0. The lowest BCUT2D eigenvalue weighted by Gasteiger charge is -2.08. The zero-order valence-corrected chi connectivity index (χ0v) is 19.0. The normalized spacial score (nSPS) is 11.1. The lowest BCUT2D eigenvalue weighted by atomic mass is 10.1. The van der Waals surface area contributed by atoms with E-state index in [-0.39, 0.29) is 21.0 Å². The van der Waals surface area contributed by atoms with Crippen LogP contribution in [-0.4, -0.2) is 25.4 Å². The van der Waals surface area contributed by atoms with Crippen LogP contribution in [0.5, 0.6) is 0 Å². The molecular formula is C19H14BrClN2O5S2. The molecule has 1 amide bonds.